The topological polar surface area (TPSA) is 55.2 Å². The van der Waals surface area contributed by atoms with Crippen LogP contribution in [0.25, 0.3) is 0 Å². The molecule has 0 saturated carbocycles. The number of nitro benzene ring substituents is 1. The number of para-hydroxylation sites is 1. The van der Waals surface area contributed by atoms with Crippen molar-refractivity contribution in [1.82, 2.24) is 5.32 Å². The second-order valence-electron chi connectivity index (χ2n) is 5.23. The van der Waals surface area contributed by atoms with E-state index < -0.39 is 0 Å². The molecule has 0 radical (unpaired) electrons. The zero-order chi connectivity index (χ0) is 14.3. The highest BCUT2D eigenvalue weighted by molar-refractivity contribution is 5.39. The zero-order valence-corrected chi connectivity index (χ0v) is 12.1. The van der Waals surface area contributed by atoms with Gasteiger partial charge in [0.25, 0.3) is 5.69 Å². The molecule has 1 atom stereocenters. The number of nitrogens with zero attached hydrogens (tertiary/aromatic N) is 1. The molecule has 1 rings (SSSR count). The van der Waals surface area contributed by atoms with E-state index in [1.54, 1.807) is 12.1 Å². The largest absolute Gasteiger partial charge is 0.314 e. The van der Waals surface area contributed by atoms with Crippen LogP contribution in [0.15, 0.2) is 24.3 Å². The zero-order valence-electron chi connectivity index (χ0n) is 12.1. The van der Waals surface area contributed by atoms with Crippen molar-refractivity contribution in [3.05, 3.63) is 39.9 Å². The number of hydrogen-bond acceptors (Lipinski definition) is 3. The molecule has 0 aliphatic rings. The summed E-state index contributed by atoms with van der Waals surface area (Å²) in [5, 5.41) is 14.5. The van der Waals surface area contributed by atoms with Gasteiger partial charge in [0, 0.05) is 17.7 Å². The Hall–Kier alpha value is -1.42. The Bertz CT molecular complexity index is 405. The van der Waals surface area contributed by atoms with Crippen LogP contribution < -0.4 is 5.32 Å². The van der Waals surface area contributed by atoms with Crippen molar-refractivity contribution in [1.29, 1.82) is 0 Å². The second kappa shape index (κ2) is 7.89. The van der Waals surface area contributed by atoms with Crippen LogP contribution in [0.3, 0.4) is 0 Å². The summed E-state index contributed by atoms with van der Waals surface area (Å²) in [6.07, 6.45) is 2.79. The number of hydrogen-bond donors (Lipinski definition) is 1. The highest BCUT2D eigenvalue weighted by atomic mass is 16.6. The summed E-state index contributed by atoms with van der Waals surface area (Å²) >= 11 is 0. The van der Waals surface area contributed by atoms with E-state index >= 15 is 0 Å². The summed E-state index contributed by atoms with van der Waals surface area (Å²) in [4.78, 5) is 10.7. The van der Waals surface area contributed by atoms with Gasteiger partial charge < -0.3 is 5.32 Å². The maximum absolute atomic E-state index is 11.0. The lowest BCUT2D eigenvalue weighted by molar-refractivity contribution is -0.385. The first kappa shape index (κ1) is 15.6. The van der Waals surface area contributed by atoms with E-state index in [0.717, 1.165) is 31.4 Å². The minimum atomic E-state index is -0.292. The molecule has 0 saturated heterocycles. The lowest BCUT2D eigenvalue weighted by Crippen LogP contribution is -2.34. The van der Waals surface area contributed by atoms with Crippen LogP contribution >= 0.6 is 0 Å². The summed E-state index contributed by atoms with van der Waals surface area (Å²) in [5.41, 5.74) is 1.07. The van der Waals surface area contributed by atoms with Crippen molar-refractivity contribution >= 4 is 5.69 Å². The Balaban J connectivity index is 2.66. The SMILES string of the molecule is CCCNC(CCc1ccccc1[N+](=O)[O-])C(C)C. The lowest BCUT2D eigenvalue weighted by atomic mass is 9.96. The van der Waals surface area contributed by atoms with E-state index in [4.69, 9.17) is 0 Å². The molecule has 1 aromatic rings. The molecular weight excluding hydrogens is 240 g/mol. The quantitative estimate of drug-likeness (QED) is 0.577. The molecule has 0 bridgehead atoms. The smallest absolute Gasteiger partial charge is 0.272 e. The first-order valence-corrected chi connectivity index (χ1v) is 7.02. The first-order chi connectivity index (χ1) is 9.06. The van der Waals surface area contributed by atoms with Crippen LogP contribution in [0.5, 0.6) is 0 Å². The van der Waals surface area contributed by atoms with Gasteiger partial charge in [-0.2, -0.15) is 0 Å². The van der Waals surface area contributed by atoms with E-state index in [9.17, 15) is 10.1 Å². The van der Waals surface area contributed by atoms with E-state index in [2.05, 4.69) is 26.1 Å². The highest BCUT2D eigenvalue weighted by Crippen LogP contribution is 2.20. The molecule has 4 nitrogen and oxygen atoms in total. The molecule has 0 fully saturated rings. The van der Waals surface area contributed by atoms with E-state index in [1.165, 1.54) is 0 Å². The average molecular weight is 264 g/mol. The third-order valence-corrected chi connectivity index (χ3v) is 3.37. The van der Waals surface area contributed by atoms with E-state index in [-0.39, 0.29) is 10.6 Å². The van der Waals surface area contributed by atoms with Gasteiger partial charge in [0.1, 0.15) is 0 Å². The van der Waals surface area contributed by atoms with Crippen molar-refractivity contribution in [3.8, 4) is 0 Å². The maximum Gasteiger partial charge on any atom is 0.272 e. The Morgan fingerprint density at radius 1 is 1.32 bits per heavy atom. The van der Waals surface area contributed by atoms with Gasteiger partial charge in [-0.15, -0.1) is 0 Å². The van der Waals surface area contributed by atoms with Gasteiger partial charge in [-0.05, 0) is 31.7 Å². The van der Waals surface area contributed by atoms with Gasteiger partial charge in [-0.3, -0.25) is 10.1 Å². The Labute approximate surface area is 115 Å². The standard InChI is InChI=1S/C15H24N2O2/c1-4-11-16-14(12(2)3)10-9-13-7-5-6-8-15(13)17(18)19/h5-8,12,14,16H,4,9-11H2,1-3H3. The van der Waals surface area contributed by atoms with Crippen LogP contribution in [0.4, 0.5) is 5.69 Å². The van der Waals surface area contributed by atoms with Crippen molar-refractivity contribution in [2.75, 3.05) is 6.54 Å². The number of nitro groups is 1. The second-order valence-corrected chi connectivity index (χ2v) is 5.23. The fraction of sp³-hybridized carbons (Fsp3) is 0.600. The predicted molar refractivity (Wildman–Crippen MR) is 78.3 cm³/mol. The molecule has 0 aliphatic heterocycles. The van der Waals surface area contributed by atoms with Crippen LogP contribution in [0.1, 0.15) is 39.2 Å². The fourth-order valence-electron chi connectivity index (χ4n) is 2.21. The summed E-state index contributed by atoms with van der Waals surface area (Å²) in [7, 11) is 0. The van der Waals surface area contributed by atoms with Gasteiger partial charge in [0.15, 0.2) is 0 Å². The van der Waals surface area contributed by atoms with Gasteiger partial charge in [0.05, 0.1) is 4.92 Å². The van der Waals surface area contributed by atoms with Gasteiger partial charge in [0.2, 0.25) is 0 Å². The van der Waals surface area contributed by atoms with Crippen molar-refractivity contribution in [3.63, 3.8) is 0 Å². The minimum Gasteiger partial charge on any atom is -0.314 e. The molecule has 19 heavy (non-hydrogen) atoms. The first-order valence-electron chi connectivity index (χ1n) is 7.02. The van der Waals surface area contributed by atoms with E-state index in [0.29, 0.717) is 12.0 Å². The van der Waals surface area contributed by atoms with Crippen LogP contribution in [-0.4, -0.2) is 17.5 Å². The molecular formula is C15H24N2O2. The maximum atomic E-state index is 11.0. The minimum absolute atomic E-state index is 0.237. The van der Waals surface area contributed by atoms with Crippen molar-refractivity contribution < 1.29 is 4.92 Å². The van der Waals surface area contributed by atoms with Crippen molar-refractivity contribution in [2.45, 2.75) is 46.1 Å². The van der Waals surface area contributed by atoms with Crippen LogP contribution in [-0.2, 0) is 6.42 Å². The highest BCUT2D eigenvalue weighted by Gasteiger charge is 2.16. The molecule has 4 heteroatoms. The molecule has 1 aromatic carbocycles. The Morgan fingerprint density at radius 3 is 2.58 bits per heavy atom. The molecule has 0 heterocycles. The summed E-state index contributed by atoms with van der Waals surface area (Å²) in [6.45, 7) is 7.52. The average Bonchev–Trinajstić information content (AvgIpc) is 2.38. The van der Waals surface area contributed by atoms with E-state index in [1.807, 2.05) is 12.1 Å². The molecule has 0 aromatic heterocycles. The monoisotopic (exact) mass is 264 g/mol. The summed E-state index contributed by atoms with van der Waals surface area (Å²) in [5.74, 6) is 0.536. The van der Waals surface area contributed by atoms with Gasteiger partial charge >= 0.3 is 0 Å². The fourth-order valence-corrected chi connectivity index (χ4v) is 2.21. The molecule has 1 unspecified atom stereocenters. The van der Waals surface area contributed by atoms with Crippen molar-refractivity contribution in [2.24, 2.45) is 5.92 Å². The Morgan fingerprint density at radius 2 is 2.00 bits per heavy atom. The molecule has 0 spiro atoms. The number of benzene rings is 1. The number of nitrogens with one attached hydrogen (secondary N) is 1. The Kier molecular flexibility index (Phi) is 6.50. The molecule has 1 N–H and O–H groups in total. The molecule has 0 aliphatic carbocycles. The van der Waals surface area contributed by atoms with Crippen LogP contribution in [0, 0.1) is 16.0 Å². The number of aryl methyl sites for hydroxylation is 1. The van der Waals surface area contributed by atoms with Gasteiger partial charge in [-0.25, -0.2) is 0 Å². The predicted octanol–water partition coefficient (Wildman–Crippen LogP) is 3.55. The normalized spacial score (nSPS) is 12.6. The summed E-state index contributed by atoms with van der Waals surface area (Å²) < 4.78 is 0. The summed E-state index contributed by atoms with van der Waals surface area (Å²) in [6, 6.07) is 7.44. The third kappa shape index (κ3) is 4.99. The molecule has 0 amide bonds. The van der Waals surface area contributed by atoms with Crippen LogP contribution in [0.2, 0.25) is 0 Å². The number of rotatable bonds is 8. The van der Waals surface area contributed by atoms with Gasteiger partial charge in [-0.1, -0.05) is 39.0 Å². The third-order valence-electron chi connectivity index (χ3n) is 3.37. The molecule has 106 valence electrons. The lowest BCUT2D eigenvalue weighted by Gasteiger charge is -2.22.